The minimum atomic E-state index is -0.394. The number of aliphatic hydroxyl groups is 1. The lowest BCUT2D eigenvalue weighted by molar-refractivity contribution is -0.122. The summed E-state index contributed by atoms with van der Waals surface area (Å²) in [6.07, 6.45) is 1.30. The number of hydrogen-bond acceptors (Lipinski definition) is 3. The van der Waals surface area contributed by atoms with E-state index >= 15 is 0 Å². The van der Waals surface area contributed by atoms with Crippen molar-refractivity contribution in [2.45, 2.75) is 52.2 Å². The van der Waals surface area contributed by atoms with Crippen molar-refractivity contribution in [2.75, 3.05) is 6.61 Å². The SMILES string of the molecule is Cc1ccccc1OCCCC(=O)NC(C)CC(C)O. The predicted octanol–water partition coefficient (Wildman–Crippen LogP) is 2.43. The topological polar surface area (TPSA) is 58.6 Å². The molecule has 4 nitrogen and oxygen atoms in total. The number of rotatable bonds is 8. The molecule has 4 heteroatoms. The molecule has 0 saturated carbocycles. The molecular formula is C16H25NO3. The number of para-hydroxylation sites is 1. The van der Waals surface area contributed by atoms with Crippen LogP contribution in [-0.4, -0.2) is 29.8 Å². The summed E-state index contributed by atoms with van der Waals surface area (Å²) in [5.41, 5.74) is 1.10. The average Bonchev–Trinajstić information content (AvgIpc) is 2.35. The number of aryl methyl sites for hydroxylation is 1. The molecule has 2 atom stereocenters. The molecule has 0 radical (unpaired) electrons. The van der Waals surface area contributed by atoms with Gasteiger partial charge in [-0.3, -0.25) is 4.79 Å². The normalized spacial score (nSPS) is 13.6. The second kappa shape index (κ2) is 8.59. The maximum Gasteiger partial charge on any atom is 0.220 e. The van der Waals surface area contributed by atoms with Crippen LogP contribution >= 0.6 is 0 Å². The summed E-state index contributed by atoms with van der Waals surface area (Å²) in [6.45, 7) is 6.15. The zero-order valence-corrected chi connectivity index (χ0v) is 12.6. The molecule has 0 aliphatic rings. The first-order valence-electron chi connectivity index (χ1n) is 7.15. The molecule has 0 fully saturated rings. The zero-order valence-electron chi connectivity index (χ0n) is 12.6. The molecule has 1 aromatic rings. The van der Waals surface area contributed by atoms with Crippen LogP contribution in [0.15, 0.2) is 24.3 Å². The Morgan fingerprint density at radius 1 is 1.35 bits per heavy atom. The Kier molecular flexibility index (Phi) is 7.09. The van der Waals surface area contributed by atoms with Crippen LogP contribution in [0.3, 0.4) is 0 Å². The number of amides is 1. The number of nitrogens with one attached hydrogen (secondary N) is 1. The van der Waals surface area contributed by atoms with Crippen molar-refractivity contribution >= 4 is 5.91 Å². The summed E-state index contributed by atoms with van der Waals surface area (Å²) < 4.78 is 5.64. The van der Waals surface area contributed by atoms with Gasteiger partial charge in [0.15, 0.2) is 0 Å². The van der Waals surface area contributed by atoms with Crippen molar-refractivity contribution in [1.29, 1.82) is 0 Å². The van der Waals surface area contributed by atoms with Crippen molar-refractivity contribution in [3.05, 3.63) is 29.8 Å². The zero-order chi connectivity index (χ0) is 15.0. The van der Waals surface area contributed by atoms with Gasteiger partial charge in [0.05, 0.1) is 12.7 Å². The third-order valence-electron chi connectivity index (χ3n) is 3.00. The molecule has 2 unspecified atom stereocenters. The minimum Gasteiger partial charge on any atom is -0.493 e. The quantitative estimate of drug-likeness (QED) is 0.719. The second-order valence-corrected chi connectivity index (χ2v) is 5.27. The molecule has 20 heavy (non-hydrogen) atoms. The van der Waals surface area contributed by atoms with Gasteiger partial charge in [-0.1, -0.05) is 18.2 Å². The van der Waals surface area contributed by atoms with Crippen LogP contribution in [0.2, 0.25) is 0 Å². The van der Waals surface area contributed by atoms with Gasteiger partial charge in [-0.15, -0.1) is 0 Å². The van der Waals surface area contributed by atoms with Crippen LogP contribution in [0.4, 0.5) is 0 Å². The van der Waals surface area contributed by atoms with Crippen LogP contribution in [0.25, 0.3) is 0 Å². The Labute approximate surface area is 121 Å². The third kappa shape index (κ3) is 6.57. The molecule has 0 saturated heterocycles. The molecule has 1 rings (SSSR count). The molecule has 0 spiro atoms. The van der Waals surface area contributed by atoms with Gasteiger partial charge >= 0.3 is 0 Å². The molecule has 2 N–H and O–H groups in total. The average molecular weight is 279 g/mol. The number of carbonyl (C=O) groups is 1. The van der Waals surface area contributed by atoms with E-state index in [1.807, 2.05) is 38.1 Å². The lowest BCUT2D eigenvalue weighted by Gasteiger charge is -2.15. The van der Waals surface area contributed by atoms with Crippen LogP contribution < -0.4 is 10.1 Å². The summed E-state index contributed by atoms with van der Waals surface area (Å²) in [5, 5.41) is 12.1. The van der Waals surface area contributed by atoms with E-state index in [9.17, 15) is 9.90 Å². The van der Waals surface area contributed by atoms with Gasteiger partial charge in [0, 0.05) is 12.5 Å². The molecule has 1 amide bonds. The van der Waals surface area contributed by atoms with E-state index in [0.717, 1.165) is 11.3 Å². The lowest BCUT2D eigenvalue weighted by atomic mass is 10.1. The molecule has 0 aromatic heterocycles. The summed E-state index contributed by atoms with van der Waals surface area (Å²) in [6, 6.07) is 7.84. The molecule has 0 bridgehead atoms. The summed E-state index contributed by atoms with van der Waals surface area (Å²) in [7, 11) is 0. The summed E-state index contributed by atoms with van der Waals surface area (Å²) in [4.78, 5) is 11.7. The van der Waals surface area contributed by atoms with Crippen LogP contribution in [0.1, 0.15) is 38.7 Å². The van der Waals surface area contributed by atoms with Gasteiger partial charge in [0.1, 0.15) is 5.75 Å². The van der Waals surface area contributed by atoms with Crippen molar-refractivity contribution in [3.63, 3.8) is 0 Å². The number of ether oxygens (including phenoxy) is 1. The monoisotopic (exact) mass is 279 g/mol. The van der Waals surface area contributed by atoms with Gasteiger partial charge in [0.25, 0.3) is 0 Å². The van der Waals surface area contributed by atoms with Crippen LogP contribution in [-0.2, 0) is 4.79 Å². The van der Waals surface area contributed by atoms with Gasteiger partial charge < -0.3 is 15.2 Å². The second-order valence-electron chi connectivity index (χ2n) is 5.27. The number of benzene rings is 1. The van der Waals surface area contributed by atoms with E-state index in [1.165, 1.54) is 0 Å². The highest BCUT2D eigenvalue weighted by atomic mass is 16.5. The summed E-state index contributed by atoms with van der Waals surface area (Å²) >= 11 is 0. The number of hydrogen-bond donors (Lipinski definition) is 2. The number of aliphatic hydroxyl groups excluding tert-OH is 1. The molecule has 112 valence electrons. The standard InChI is InChI=1S/C16H25NO3/c1-12-7-4-5-8-15(12)20-10-6-9-16(19)17-13(2)11-14(3)18/h4-5,7-8,13-14,18H,6,9-11H2,1-3H3,(H,17,19). The Hall–Kier alpha value is -1.55. The van der Waals surface area contributed by atoms with Crippen LogP contribution in [0.5, 0.6) is 5.75 Å². The highest BCUT2D eigenvalue weighted by Crippen LogP contribution is 2.16. The van der Waals surface area contributed by atoms with Gasteiger partial charge in [-0.25, -0.2) is 0 Å². The fraction of sp³-hybridized carbons (Fsp3) is 0.562. The Bertz CT molecular complexity index is 418. The Morgan fingerprint density at radius 3 is 2.70 bits per heavy atom. The van der Waals surface area contributed by atoms with Crippen molar-refractivity contribution < 1.29 is 14.6 Å². The highest BCUT2D eigenvalue weighted by Gasteiger charge is 2.09. The van der Waals surface area contributed by atoms with Gasteiger partial charge in [-0.05, 0) is 45.2 Å². The maximum atomic E-state index is 11.7. The van der Waals surface area contributed by atoms with E-state index in [4.69, 9.17) is 4.74 Å². The first-order chi connectivity index (χ1) is 9.49. The minimum absolute atomic E-state index is 0.000198. The van der Waals surface area contributed by atoms with Gasteiger partial charge in [-0.2, -0.15) is 0 Å². The highest BCUT2D eigenvalue weighted by molar-refractivity contribution is 5.76. The fourth-order valence-electron chi connectivity index (χ4n) is 2.05. The molecule has 1 aromatic carbocycles. The molecule has 0 aliphatic heterocycles. The van der Waals surface area contributed by atoms with E-state index < -0.39 is 6.10 Å². The fourth-order valence-corrected chi connectivity index (χ4v) is 2.05. The number of carbonyl (C=O) groups excluding carboxylic acids is 1. The van der Waals surface area contributed by atoms with Crippen molar-refractivity contribution in [2.24, 2.45) is 0 Å². The largest absolute Gasteiger partial charge is 0.493 e. The third-order valence-corrected chi connectivity index (χ3v) is 3.00. The first kappa shape index (κ1) is 16.5. The molecular weight excluding hydrogens is 254 g/mol. The predicted molar refractivity (Wildman–Crippen MR) is 79.8 cm³/mol. The van der Waals surface area contributed by atoms with Crippen LogP contribution in [0, 0.1) is 6.92 Å². The summed E-state index contributed by atoms with van der Waals surface area (Å²) in [5.74, 6) is 0.877. The van der Waals surface area contributed by atoms with E-state index in [1.54, 1.807) is 6.92 Å². The molecule has 0 aliphatic carbocycles. The van der Waals surface area contributed by atoms with Crippen molar-refractivity contribution in [3.8, 4) is 5.75 Å². The Morgan fingerprint density at radius 2 is 2.05 bits per heavy atom. The molecule has 0 heterocycles. The van der Waals surface area contributed by atoms with E-state index in [0.29, 0.717) is 25.9 Å². The first-order valence-corrected chi connectivity index (χ1v) is 7.15. The van der Waals surface area contributed by atoms with Crippen molar-refractivity contribution in [1.82, 2.24) is 5.32 Å². The lowest BCUT2D eigenvalue weighted by Crippen LogP contribution is -2.34. The maximum absolute atomic E-state index is 11.7. The Balaban J connectivity index is 2.18. The smallest absolute Gasteiger partial charge is 0.220 e. The van der Waals surface area contributed by atoms with Gasteiger partial charge in [0.2, 0.25) is 5.91 Å². The van der Waals surface area contributed by atoms with E-state index in [-0.39, 0.29) is 11.9 Å². The van der Waals surface area contributed by atoms with E-state index in [2.05, 4.69) is 5.32 Å².